The lowest BCUT2D eigenvalue weighted by Crippen LogP contribution is -2.44. The maximum atomic E-state index is 10.3. The van der Waals surface area contributed by atoms with Crippen molar-refractivity contribution >= 4 is 16.0 Å². The number of nitrogens with two attached hydrogens (primary N) is 2. The van der Waals surface area contributed by atoms with Gasteiger partial charge in [0, 0.05) is 0 Å². The zero-order valence-electron chi connectivity index (χ0n) is 5.46. The molecule has 0 radical (unpaired) electrons. The van der Waals surface area contributed by atoms with Crippen LogP contribution in [0.1, 0.15) is 6.92 Å². The van der Waals surface area contributed by atoms with Gasteiger partial charge in [-0.15, -0.1) is 0 Å². The predicted molar refractivity (Wildman–Crippen MR) is 37.6 cm³/mol. The Morgan fingerprint density at radius 3 is 2.20 bits per heavy atom. The molecular formula is C3H10N4O2S. The third-order valence-corrected chi connectivity index (χ3v) is 1.49. The molecule has 0 aromatic carbocycles. The van der Waals surface area contributed by atoms with E-state index in [4.69, 9.17) is 11.1 Å². The predicted octanol–water partition coefficient (Wildman–Crippen LogP) is -1.90. The van der Waals surface area contributed by atoms with Gasteiger partial charge in [-0.2, -0.15) is 13.1 Å². The van der Waals surface area contributed by atoms with Gasteiger partial charge in [-0.25, -0.2) is 5.14 Å². The molecule has 0 rings (SSSR count). The fourth-order valence-corrected chi connectivity index (χ4v) is 0.930. The largest absolute Gasteiger partial charge is 0.386 e. The van der Waals surface area contributed by atoms with Crippen LogP contribution in [0.3, 0.4) is 0 Å². The van der Waals surface area contributed by atoms with Crippen LogP contribution >= 0.6 is 0 Å². The zero-order valence-corrected chi connectivity index (χ0v) is 6.27. The molecule has 10 heavy (non-hydrogen) atoms. The first kappa shape index (κ1) is 9.34. The molecule has 0 spiro atoms. The van der Waals surface area contributed by atoms with Crippen molar-refractivity contribution in [2.45, 2.75) is 13.0 Å². The quantitative estimate of drug-likeness (QED) is 0.289. The summed E-state index contributed by atoms with van der Waals surface area (Å²) in [5, 5.41) is 11.4. The first-order valence-electron chi connectivity index (χ1n) is 2.47. The van der Waals surface area contributed by atoms with Gasteiger partial charge in [0.2, 0.25) is 0 Å². The number of rotatable bonds is 3. The van der Waals surface area contributed by atoms with Crippen LogP contribution in [-0.4, -0.2) is 20.3 Å². The van der Waals surface area contributed by atoms with E-state index in [9.17, 15) is 8.42 Å². The third kappa shape index (κ3) is 4.24. The molecule has 0 aliphatic carbocycles. The van der Waals surface area contributed by atoms with Crippen LogP contribution in [0.15, 0.2) is 0 Å². The lowest BCUT2D eigenvalue weighted by atomic mass is 10.3. The molecule has 6 nitrogen and oxygen atoms in total. The Morgan fingerprint density at radius 2 is 2.10 bits per heavy atom. The molecule has 0 bridgehead atoms. The van der Waals surface area contributed by atoms with E-state index in [0.717, 1.165) is 0 Å². The maximum absolute atomic E-state index is 10.3. The minimum atomic E-state index is -3.74. The van der Waals surface area contributed by atoms with Crippen LogP contribution in [0.2, 0.25) is 0 Å². The second-order valence-electron chi connectivity index (χ2n) is 1.84. The zero-order chi connectivity index (χ0) is 8.36. The third-order valence-electron chi connectivity index (χ3n) is 0.808. The standard InChI is InChI=1S/C3H10N4O2S/c1-2(3(4)5)7-10(6,8)9/h2,7H,1H3,(H3,4,5)(H2,6,8,9). The molecule has 0 aromatic heterocycles. The van der Waals surface area contributed by atoms with Crippen molar-refractivity contribution < 1.29 is 8.42 Å². The second-order valence-corrected chi connectivity index (χ2v) is 3.17. The molecule has 0 aliphatic heterocycles. The molecule has 7 heteroatoms. The smallest absolute Gasteiger partial charge is 0.275 e. The van der Waals surface area contributed by atoms with Crippen molar-refractivity contribution in [3.05, 3.63) is 0 Å². The molecule has 0 aromatic rings. The van der Waals surface area contributed by atoms with E-state index in [1.165, 1.54) is 6.92 Å². The van der Waals surface area contributed by atoms with E-state index >= 15 is 0 Å². The van der Waals surface area contributed by atoms with Crippen molar-refractivity contribution in [3.8, 4) is 0 Å². The summed E-state index contributed by atoms with van der Waals surface area (Å²) in [7, 11) is -3.74. The molecule has 1 unspecified atom stereocenters. The van der Waals surface area contributed by atoms with E-state index in [1.807, 2.05) is 4.72 Å². The highest BCUT2D eigenvalue weighted by Crippen LogP contribution is 1.79. The normalized spacial score (nSPS) is 14.6. The maximum Gasteiger partial charge on any atom is 0.275 e. The molecule has 0 saturated carbocycles. The van der Waals surface area contributed by atoms with Gasteiger partial charge in [0.15, 0.2) is 0 Å². The number of amidine groups is 1. The highest BCUT2D eigenvalue weighted by atomic mass is 32.2. The van der Waals surface area contributed by atoms with Crippen molar-refractivity contribution in [1.82, 2.24) is 4.72 Å². The summed E-state index contributed by atoms with van der Waals surface area (Å²) in [5.74, 6) is -0.269. The van der Waals surface area contributed by atoms with Crippen molar-refractivity contribution in [2.75, 3.05) is 0 Å². The first-order chi connectivity index (χ1) is 4.33. The lowest BCUT2D eigenvalue weighted by Gasteiger charge is -2.08. The number of hydrogen-bond donors (Lipinski definition) is 4. The second kappa shape index (κ2) is 2.95. The van der Waals surface area contributed by atoms with Crippen LogP contribution in [-0.2, 0) is 10.2 Å². The summed E-state index contributed by atoms with van der Waals surface area (Å²) in [6.07, 6.45) is 0. The molecule has 0 aliphatic rings. The Balaban J connectivity index is 4.06. The Labute approximate surface area is 59.3 Å². The fraction of sp³-hybridized carbons (Fsp3) is 0.667. The molecule has 0 amide bonds. The van der Waals surface area contributed by atoms with E-state index < -0.39 is 16.3 Å². The van der Waals surface area contributed by atoms with Crippen LogP contribution in [0.5, 0.6) is 0 Å². The van der Waals surface area contributed by atoms with Gasteiger partial charge in [0.1, 0.15) is 5.84 Å². The molecule has 0 heterocycles. The minimum absolute atomic E-state index is 0.269. The summed E-state index contributed by atoms with van der Waals surface area (Å²) >= 11 is 0. The van der Waals surface area contributed by atoms with Gasteiger partial charge in [-0.1, -0.05) is 0 Å². The number of hydrogen-bond acceptors (Lipinski definition) is 3. The van der Waals surface area contributed by atoms with Crippen molar-refractivity contribution in [1.29, 1.82) is 5.41 Å². The van der Waals surface area contributed by atoms with Crippen molar-refractivity contribution in [2.24, 2.45) is 10.9 Å². The molecular weight excluding hydrogens is 156 g/mol. The Hall–Kier alpha value is -0.660. The molecule has 60 valence electrons. The first-order valence-corrected chi connectivity index (χ1v) is 4.01. The highest BCUT2D eigenvalue weighted by molar-refractivity contribution is 7.87. The SMILES string of the molecule is CC(NS(N)(=O)=O)C(=N)N. The van der Waals surface area contributed by atoms with E-state index in [0.29, 0.717) is 0 Å². The van der Waals surface area contributed by atoms with Gasteiger partial charge in [0.05, 0.1) is 6.04 Å². The van der Waals surface area contributed by atoms with E-state index in [1.54, 1.807) is 0 Å². The molecule has 0 fully saturated rings. The topological polar surface area (TPSA) is 122 Å². The monoisotopic (exact) mass is 166 g/mol. The summed E-state index contributed by atoms with van der Waals surface area (Å²) in [4.78, 5) is 0. The van der Waals surface area contributed by atoms with Crippen LogP contribution in [0, 0.1) is 5.41 Å². The van der Waals surface area contributed by atoms with Gasteiger partial charge in [-0.3, -0.25) is 5.41 Å². The molecule has 1 atom stereocenters. The van der Waals surface area contributed by atoms with E-state index in [-0.39, 0.29) is 5.84 Å². The van der Waals surface area contributed by atoms with Gasteiger partial charge in [0.25, 0.3) is 10.2 Å². The highest BCUT2D eigenvalue weighted by Gasteiger charge is 2.10. The number of nitrogens with one attached hydrogen (secondary N) is 2. The van der Waals surface area contributed by atoms with Gasteiger partial charge >= 0.3 is 0 Å². The van der Waals surface area contributed by atoms with Gasteiger partial charge in [-0.05, 0) is 6.92 Å². The van der Waals surface area contributed by atoms with Crippen LogP contribution in [0.25, 0.3) is 0 Å². The van der Waals surface area contributed by atoms with Crippen LogP contribution in [0.4, 0.5) is 0 Å². The Kier molecular flexibility index (Phi) is 2.76. The van der Waals surface area contributed by atoms with Crippen molar-refractivity contribution in [3.63, 3.8) is 0 Å². The fourth-order valence-electron chi connectivity index (χ4n) is 0.310. The van der Waals surface area contributed by atoms with Gasteiger partial charge < -0.3 is 5.73 Å². The summed E-state index contributed by atoms with van der Waals surface area (Å²) in [6, 6.07) is -0.741. The summed E-state index contributed by atoms with van der Waals surface area (Å²) < 4.78 is 22.4. The minimum Gasteiger partial charge on any atom is -0.386 e. The Morgan fingerprint density at radius 1 is 1.70 bits per heavy atom. The molecule has 0 saturated heterocycles. The summed E-state index contributed by atoms with van der Waals surface area (Å²) in [5.41, 5.74) is 4.94. The summed E-state index contributed by atoms with van der Waals surface area (Å²) in [6.45, 7) is 1.42. The van der Waals surface area contributed by atoms with Crippen LogP contribution < -0.4 is 15.6 Å². The average Bonchev–Trinajstić information content (AvgIpc) is 1.60. The molecule has 6 N–H and O–H groups in total. The average molecular weight is 166 g/mol. The lowest BCUT2D eigenvalue weighted by molar-refractivity contribution is 0.580. The van der Waals surface area contributed by atoms with E-state index in [2.05, 4.69) is 5.14 Å². The Bertz CT molecular complexity index is 221.